The van der Waals surface area contributed by atoms with Gasteiger partial charge in [0.25, 0.3) is 5.91 Å². The minimum atomic E-state index is -10.1. The van der Waals surface area contributed by atoms with E-state index in [2.05, 4.69) is 14.9 Å². The standard InChI is InChI=1S/C19H20ClF5N6O3S.C2HF3O2/c1-4-29(5-2)18(33)14-9-16-27-30(19(26)31(16)28-17(14)20)10-15(32)11-6-12(34-3)8-13(7-11)35(21,22,23,24)25;3-2(4,5)1(6)7/h6-9,26H,4-5,10H2,1-3H3;(H,6,7). The van der Waals surface area contributed by atoms with Gasteiger partial charge in [0.05, 0.1) is 12.7 Å². The fraction of sp³-hybridized carbons (Fsp3) is 0.333. The predicted molar refractivity (Wildman–Crippen MR) is 132 cm³/mol. The van der Waals surface area contributed by atoms with Crippen molar-refractivity contribution < 1.29 is 56.8 Å². The molecule has 42 heavy (non-hydrogen) atoms. The van der Waals surface area contributed by atoms with Crippen LogP contribution in [0.1, 0.15) is 34.6 Å². The summed E-state index contributed by atoms with van der Waals surface area (Å²) in [7, 11) is -9.14. The van der Waals surface area contributed by atoms with Crippen LogP contribution < -0.4 is 10.4 Å². The summed E-state index contributed by atoms with van der Waals surface area (Å²) in [6.07, 6.45) is -5.08. The van der Waals surface area contributed by atoms with Crippen LogP contribution in [0.4, 0.5) is 32.6 Å². The first-order valence-electron chi connectivity index (χ1n) is 11.2. The number of methoxy groups -OCH3 is 1. The Morgan fingerprint density at radius 2 is 1.60 bits per heavy atom. The average Bonchev–Trinajstić information content (AvgIpc) is 3.16. The molecule has 0 atom stereocenters. The van der Waals surface area contributed by atoms with Crippen molar-refractivity contribution in [2.75, 3.05) is 20.2 Å². The lowest BCUT2D eigenvalue weighted by molar-refractivity contribution is -0.192. The summed E-state index contributed by atoms with van der Waals surface area (Å²) in [6, 6.07) is 2.26. The number of hydrogen-bond acceptors (Lipinski definition) is 7. The Balaban J connectivity index is 0.000000782. The molecule has 11 nitrogen and oxygen atoms in total. The van der Waals surface area contributed by atoms with E-state index in [1.165, 1.54) is 11.0 Å². The third kappa shape index (κ3) is 8.08. The monoisotopic (exact) mass is 656 g/mol. The average molecular weight is 657 g/mol. The molecular weight excluding hydrogens is 636 g/mol. The molecule has 3 aromatic rings. The number of Topliss-reactive ketones (excluding diaryl/α,β-unsaturated/α-hetero) is 1. The van der Waals surface area contributed by atoms with Gasteiger partial charge >= 0.3 is 22.4 Å². The van der Waals surface area contributed by atoms with Gasteiger partial charge in [0.1, 0.15) is 17.2 Å². The highest BCUT2D eigenvalue weighted by molar-refractivity contribution is 8.45. The van der Waals surface area contributed by atoms with Crippen LogP contribution in [0.25, 0.3) is 5.65 Å². The molecule has 1 amide bonds. The number of rotatable bonds is 8. The molecule has 0 saturated carbocycles. The van der Waals surface area contributed by atoms with Crippen LogP contribution in [0.3, 0.4) is 0 Å². The number of hydrogen-bond donors (Lipinski definition) is 2. The first-order chi connectivity index (χ1) is 18.9. The maximum Gasteiger partial charge on any atom is 0.490 e. The number of ether oxygens (including phenoxy) is 1. The number of ketones is 1. The van der Waals surface area contributed by atoms with Crippen molar-refractivity contribution in [2.24, 2.45) is 0 Å². The summed E-state index contributed by atoms with van der Waals surface area (Å²) in [6.45, 7) is 3.53. The van der Waals surface area contributed by atoms with Gasteiger partial charge < -0.3 is 14.7 Å². The lowest BCUT2D eigenvalue weighted by atomic mass is 10.1. The maximum atomic E-state index is 13.3. The van der Waals surface area contributed by atoms with Gasteiger partial charge in [-0.05, 0) is 26.0 Å². The SMILES string of the molecule is CCN(CC)C(=O)c1cc2nn(CC(=O)c3cc(OC)cc(S(F)(F)(F)(F)F)c3)c(=N)n2nc1Cl.O=C(O)C(F)(F)F. The van der Waals surface area contributed by atoms with Crippen molar-refractivity contribution in [3.63, 3.8) is 0 Å². The maximum absolute atomic E-state index is 13.3. The Kier molecular flexibility index (Phi) is 9.01. The fourth-order valence-electron chi connectivity index (χ4n) is 3.19. The van der Waals surface area contributed by atoms with E-state index in [-0.39, 0.29) is 28.5 Å². The van der Waals surface area contributed by atoms with E-state index in [1.807, 2.05) is 0 Å². The number of fused-ring (bicyclic) bond motifs is 1. The fourth-order valence-corrected chi connectivity index (χ4v) is 4.09. The number of carbonyl (C=O) groups is 3. The molecule has 0 unspecified atom stereocenters. The number of amides is 1. The molecule has 0 bridgehead atoms. The summed E-state index contributed by atoms with van der Waals surface area (Å²) in [5.74, 6) is -4.85. The van der Waals surface area contributed by atoms with Gasteiger partial charge in [-0.3, -0.25) is 15.0 Å². The lowest BCUT2D eigenvalue weighted by Crippen LogP contribution is -2.31. The summed E-state index contributed by atoms with van der Waals surface area (Å²) in [4.78, 5) is 33.4. The smallest absolute Gasteiger partial charge is 0.490 e. The molecule has 2 heterocycles. The summed E-state index contributed by atoms with van der Waals surface area (Å²) < 4.78 is 105. The van der Waals surface area contributed by atoms with E-state index < -0.39 is 62.4 Å². The van der Waals surface area contributed by atoms with Crippen LogP contribution in [0, 0.1) is 5.41 Å². The quantitative estimate of drug-likeness (QED) is 0.247. The molecule has 0 aliphatic carbocycles. The van der Waals surface area contributed by atoms with Crippen LogP contribution in [0.15, 0.2) is 29.2 Å². The van der Waals surface area contributed by atoms with Crippen LogP contribution in [0.2, 0.25) is 5.15 Å². The van der Waals surface area contributed by atoms with Gasteiger partial charge in [-0.15, -0.1) is 5.10 Å². The van der Waals surface area contributed by atoms with Crippen molar-refractivity contribution in [3.05, 3.63) is 46.2 Å². The van der Waals surface area contributed by atoms with Crippen LogP contribution in [-0.4, -0.2) is 73.4 Å². The normalized spacial score (nSPS) is 13.4. The van der Waals surface area contributed by atoms with Gasteiger partial charge in [-0.25, -0.2) is 9.48 Å². The second-order valence-corrected chi connectivity index (χ2v) is 10.9. The molecule has 1 aromatic carbocycles. The molecule has 0 radical (unpaired) electrons. The number of halogens is 9. The molecule has 2 aromatic heterocycles. The Morgan fingerprint density at radius 3 is 2.05 bits per heavy atom. The molecule has 234 valence electrons. The molecular formula is C21H21ClF8N6O5S. The molecule has 0 spiro atoms. The van der Waals surface area contributed by atoms with E-state index in [0.29, 0.717) is 13.1 Å². The van der Waals surface area contributed by atoms with Crippen molar-refractivity contribution in [1.82, 2.24) is 24.3 Å². The molecule has 3 rings (SSSR count). The van der Waals surface area contributed by atoms with Crippen molar-refractivity contribution in [3.8, 4) is 5.75 Å². The van der Waals surface area contributed by atoms with E-state index in [0.717, 1.165) is 22.4 Å². The second-order valence-electron chi connectivity index (χ2n) is 8.17. The lowest BCUT2D eigenvalue weighted by Gasteiger charge is -2.40. The number of aliphatic carboxylic acids is 1. The minimum Gasteiger partial charge on any atom is -0.497 e. The van der Waals surface area contributed by atoms with Gasteiger partial charge in [0.2, 0.25) is 5.62 Å². The molecule has 2 N–H and O–H groups in total. The number of nitrogens with zero attached hydrogens (tertiary/aromatic N) is 5. The van der Waals surface area contributed by atoms with E-state index in [4.69, 9.17) is 26.9 Å². The van der Waals surface area contributed by atoms with E-state index in [1.54, 1.807) is 13.8 Å². The number of aromatic nitrogens is 4. The Hall–Kier alpha value is -3.94. The van der Waals surface area contributed by atoms with Gasteiger partial charge in [0.15, 0.2) is 16.6 Å². The molecule has 0 aliphatic heterocycles. The highest BCUT2D eigenvalue weighted by atomic mass is 35.5. The van der Waals surface area contributed by atoms with Crippen molar-refractivity contribution >= 4 is 45.1 Å². The number of carboxylic acid groups (broad SMARTS) is 1. The van der Waals surface area contributed by atoms with Crippen molar-refractivity contribution in [2.45, 2.75) is 31.5 Å². The van der Waals surface area contributed by atoms with E-state index in [9.17, 15) is 42.2 Å². The van der Waals surface area contributed by atoms with Gasteiger partial charge in [0, 0.05) is 30.8 Å². The number of alkyl halides is 3. The van der Waals surface area contributed by atoms with Gasteiger partial charge in [-0.1, -0.05) is 31.0 Å². The Labute approximate surface area is 235 Å². The third-order valence-electron chi connectivity index (χ3n) is 5.27. The van der Waals surface area contributed by atoms with Crippen LogP contribution in [-0.2, 0) is 11.3 Å². The largest absolute Gasteiger partial charge is 0.497 e. The highest BCUT2D eigenvalue weighted by Crippen LogP contribution is 3.02. The highest BCUT2D eigenvalue weighted by Gasteiger charge is 2.65. The Bertz CT molecular complexity index is 1600. The molecule has 0 saturated heterocycles. The van der Waals surface area contributed by atoms with E-state index >= 15 is 0 Å². The van der Waals surface area contributed by atoms with Crippen LogP contribution >= 0.6 is 21.8 Å². The zero-order valence-electron chi connectivity index (χ0n) is 21.6. The summed E-state index contributed by atoms with van der Waals surface area (Å²) >= 11 is 6.10. The molecule has 0 aliphatic rings. The zero-order valence-corrected chi connectivity index (χ0v) is 23.1. The summed E-state index contributed by atoms with van der Waals surface area (Å²) in [5, 5.41) is 23.0. The minimum absolute atomic E-state index is 0.000314. The third-order valence-corrected chi connectivity index (χ3v) is 6.67. The first kappa shape index (κ1) is 34.3. The molecule has 0 fully saturated rings. The topological polar surface area (TPSA) is 143 Å². The zero-order chi connectivity index (χ0) is 32.5. The predicted octanol–water partition coefficient (Wildman–Crippen LogP) is 5.33. The second kappa shape index (κ2) is 11.0. The van der Waals surface area contributed by atoms with Crippen molar-refractivity contribution in [1.29, 1.82) is 5.41 Å². The molecule has 21 heteroatoms. The first-order valence-corrected chi connectivity index (χ1v) is 13.5. The van der Waals surface area contributed by atoms with Crippen LogP contribution in [0.5, 0.6) is 5.75 Å². The van der Waals surface area contributed by atoms with Gasteiger partial charge in [-0.2, -0.15) is 22.8 Å². The summed E-state index contributed by atoms with van der Waals surface area (Å²) in [5.41, 5.74) is -1.26. The number of carboxylic acids is 1. The number of nitrogens with one attached hydrogen (secondary N) is 1. The number of carbonyl (C=O) groups excluding carboxylic acids is 2. The number of benzene rings is 1. The Morgan fingerprint density at radius 1 is 1.05 bits per heavy atom.